The monoisotopic (exact) mass is 264 g/mol. The highest BCUT2D eigenvalue weighted by atomic mass is 16.3. The van der Waals surface area contributed by atoms with Gasteiger partial charge in [0.1, 0.15) is 5.75 Å². The third kappa shape index (κ3) is 3.05. The Morgan fingerprint density at radius 3 is 2.16 bits per heavy atom. The van der Waals surface area contributed by atoms with Gasteiger partial charge in [-0.3, -0.25) is 4.79 Å². The van der Waals surface area contributed by atoms with Crippen LogP contribution in [0.15, 0.2) is 24.3 Å². The van der Waals surface area contributed by atoms with Crippen molar-refractivity contribution >= 4 is 17.6 Å². The summed E-state index contributed by atoms with van der Waals surface area (Å²) in [6.45, 7) is 7.58. The Bertz CT molecular complexity index is 456. The quantitative estimate of drug-likeness (QED) is 0.818. The molecule has 1 aromatic rings. The van der Waals surface area contributed by atoms with E-state index in [4.69, 9.17) is 0 Å². The highest BCUT2D eigenvalue weighted by molar-refractivity contribution is 6.16. The van der Waals surface area contributed by atoms with Gasteiger partial charge in [0.25, 0.3) is 0 Å². The van der Waals surface area contributed by atoms with E-state index in [-0.39, 0.29) is 23.6 Å². The fourth-order valence-corrected chi connectivity index (χ4v) is 1.75. The fourth-order valence-electron chi connectivity index (χ4n) is 1.75. The van der Waals surface area contributed by atoms with Crippen LogP contribution >= 0.6 is 0 Å². The second kappa shape index (κ2) is 6.22. The van der Waals surface area contributed by atoms with Crippen LogP contribution in [0.1, 0.15) is 27.7 Å². The Morgan fingerprint density at radius 2 is 1.63 bits per heavy atom. The van der Waals surface area contributed by atoms with Gasteiger partial charge >= 0.3 is 6.03 Å². The molecule has 1 aliphatic rings. The van der Waals surface area contributed by atoms with Gasteiger partial charge in [-0.25, -0.2) is 9.69 Å². The van der Waals surface area contributed by atoms with Crippen molar-refractivity contribution in [1.82, 2.24) is 5.32 Å². The van der Waals surface area contributed by atoms with E-state index in [0.29, 0.717) is 5.69 Å². The van der Waals surface area contributed by atoms with Gasteiger partial charge in [0, 0.05) is 6.04 Å². The maximum absolute atomic E-state index is 12.0. The highest BCUT2D eigenvalue weighted by Crippen LogP contribution is 2.24. The van der Waals surface area contributed by atoms with Crippen LogP contribution < -0.4 is 10.2 Å². The lowest BCUT2D eigenvalue weighted by atomic mass is 9.99. The van der Waals surface area contributed by atoms with Gasteiger partial charge in [-0.15, -0.1) is 0 Å². The number of amides is 3. The summed E-state index contributed by atoms with van der Waals surface area (Å²) in [4.78, 5) is 24.9. The van der Waals surface area contributed by atoms with Gasteiger partial charge in [0.05, 0.1) is 11.6 Å². The van der Waals surface area contributed by atoms with E-state index in [9.17, 15) is 14.7 Å². The molecular weight excluding hydrogens is 244 g/mol. The molecule has 1 aliphatic heterocycles. The lowest BCUT2D eigenvalue weighted by Crippen LogP contribution is -2.58. The van der Waals surface area contributed by atoms with Gasteiger partial charge in [-0.1, -0.05) is 20.8 Å². The number of anilines is 1. The van der Waals surface area contributed by atoms with Crippen molar-refractivity contribution in [3.8, 4) is 5.75 Å². The summed E-state index contributed by atoms with van der Waals surface area (Å²) >= 11 is 0. The molecule has 0 bridgehead atoms. The lowest BCUT2D eigenvalue weighted by Gasteiger charge is -2.34. The average molecular weight is 264 g/mol. The summed E-state index contributed by atoms with van der Waals surface area (Å²) in [5.74, 6) is -0.395. The third-order valence-electron chi connectivity index (χ3n) is 3.02. The van der Waals surface area contributed by atoms with E-state index in [2.05, 4.69) is 5.32 Å². The first-order chi connectivity index (χ1) is 9.00. The molecule has 2 N–H and O–H groups in total. The molecule has 5 nitrogen and oxygen atoms in total. The van der Waals surface area contributed by atoms with E-state index >= 15 is 0 Å². The van der Waals surface area contributed by atoms with Crippen molar-refractivity contribution < 1.29 is 14.7 Å². The molecule has 1 saturated heterocycles. The molecule has 0 aromatic heterocycles. The summed E-state index contributed by atoms with van der Waals surface area (Å²) in [7, 11) is 0. The number of phenolic OH excluding ortho intramolecular Hbond substituents is 1. The van der Waals surface area contributed by atoms with Crippen molar-refractivity contribution in [2.75, 3.05) is 4.90 Å². The number of imide groups is 1. The normalized spacial score (nSPS) is 22.4. The van der Waals surface area contributed by atoms with E-state index in [1.54, 1.807) is 13.8 Å². The Labute approximate surface area is 113 Å². The van der Waals surface area contributed by atoms with Crippen LogP contribution in [0, 0.1) is 5.92 Å². The first kappa shape index (κ1) is 15.0. The minimum Gasteiger partial charge on any atom is -0.508 e. The summed E-state index contributed by atoms with van der Waals surface area (Å²) in [5, 5.41) is 11.9. The number of nitrogens with one attached hydrogen (secondary N) is 1. The zero-order valence-corrected chi connectivity index (χ0v) is 11.7. The SMILES string of the molecule is CC.CC1NC(=O)N(c2ccc(O)cc2)C(=O)C1C. The predicted octanol–water partition coefficient (Wildman–Crippen LogP) is 2.50. The molecule has 3 amide bonds. The zero-order valence-electron chi connectivity index (χ0n) is 11.7. The Morgan fingerprint density at radius 1 is 1.11 bits per heavy atom. The zero-order chi connectivity index (χ0) is 14.6. The molecule has 1 aromatic carbocycles. The van der Waals surface area contributed by atoms with Gasteiger partial charge in [-0.05, 0) is 31.2 Å². The number of rotatable bonds is 1. The summed E-state index contributed by atoms with van der Waals surface area (Å²) in [6.07, 6.45) is 0. The molecule has 1 fully saturated rings. The van der Waals surface area contributed by atoms with Crippen LogP contribution in [0.4, 0.5) is 10.5 Å². The van der Waals surface area contributed by atoms with Crippen molar-refractivity contribution in [2.45, 2.75) is 33.7 Å². The van der Waals surface area contributed by atoms with Gasteiger partial charge in [0.2, 0.25) is 5.91 Å². The summed E-state index contributed by atoms with van der Waals surface area (Å²) in [5.41, 5.74) is 0.462. The molecule has 5 heteroatoms. The van der Waals surface area contributed by atoms with Gasteiger partial charge in [-0.2, -0.15) is 0 Å². The van der Waals surface area contributed by atoms with E-state index < -0.39 is 6.03 Å². The predicted molar refractivity (Wildman–Crippen MR) is 74.1 cm³/mol. The minimum absolute atomic E-state index is 0.0973. The Hall–Kier alpha value is -2.04. The third-order valence-corrected chi connectivity index (χ3v) is 3.02. The van der Waals surface area contributed by atoms with Crippen LogP contribution in [0.5, 0.6) is 5.75 Å². The number of hydrogen-bond donors (Lipinski definition) is 2. The molecule has 104 valence electrons. The van der Waals surface area contributed by atoms with E-state index in [0.717, 1.165) is 4.90 Å². The number of hydrogen-bond acceptors (Lipinski definition) is 3. The van der Waals surface area contributed by atoms with Crippen LogP contribution in [-0.2, 0) is 4.79 Å². The van der Waals surface area contributed by atoms with Crippen LogP contribution in [0.25, 0.3) is 0 Å². The highest BCUT2D eigenvalue weighted by Gasteiger charge is 2.36. The summed E-state index contributed by atoms with van der Waals surface area (Å²) < 4.78 is 0. The van der Waals surface area contributed by atoms with Crippen LogP contribution in [0.2, 0.25) is 0 Å². The number of phenols is 1. The Kier molecular flexibility index (Phi) is 4.92. The second-order valence-electron chi connectivity index (χ2n) is 4.22. The molecule has 2 unspecified atom stereocenters. The molecule has 2 atom stereocenters. The van der Waals surface area contributed by atoms with Gasteiger partial charge < -0.3 is 10.4 Å². The van der Waals surface area contributed by atoms with Crippen molar-refractivity contribution in [2.24, 2.45) is 5.92 Å². The first-order valence-corrected chi connectivity index (χ1v) is 6.44. The largest absolute Gasteiger partial charge is 0.508 e. The second-order valence-corrected chi connectivity index (χ2v) is 4.22. The van der Waals surface area contributed by atoms with E-state index in [1.165, 1.54) is 24.3 Å². The van der Waals surface area contributed by atoms with Crippen molar-refractivity contribution in [3.63, 3.8) is 0 Å². The Balaban J connectivity index is 0.000000861. The smallest absolute Gasteiger partial charge is 0.328 e. The average Bonchev–Trinajstić information content (AvgIpc) is 2.41. The number of nitrogens with zero attached hydrogens (tertiary/aromatic N) is 1. The molecule has 0 radical (unpaired) electrons. The number of aromatic hydroxyl groups is 1. The van der Waals surface area contributed by atoms with Crippen molar-refractivity contribution in [3.05, 3.63) is 24.3 Å². The molecule has 19 heavy (non-hydrogen) atoms. The molecular formula is C14H20N2O3. The molecule has 0 spiro atoms. The number of benzene rings is 1. The topological polar surface area (TPSA) is 69.6 Å². The maximum Gasteiger partial charge on any atom is 0.328 e. The number of carbonyl (C=O) groups excluding carboxylic acids is 2. The van der Waals surface area contributed by atoms with Gasteiger partial charge in [0.15, 0.2) is 0 Å². The van der Waals surface area contributed by atoms with E-state index in [1.807, 2.05) is 13.8 Å². The standard InChI is InChI=1S/C12H14N2O3.C2H6/c1-7-8(2)13-12(17)14(11(7)16)9-3-5-10(15)6-4-9;1-2/h3-8,15H,1-2H3,(H,13,17);1-2H3. The lowest BCUT2D eigenvalue weighted by molar-refractivity contribution is -0.122. The fraction of sp³-hybridized carbons (Fsp3) is 0.429. The van der Waals surface area contributed by atoms with Crippen molar-refractivity contribution in [1.29, 1.82) is 0 Å². The van der Waals surface area contributed by atoms with Crippen LogP contribution in [0.3, 0.4) is 0 Å². The first-order valence-electron chi connectivity index (χ1n) is 6.44. The number of carbonyl (C=O) groups is 2. The molecule has 1 heterocycles. The summed E-state index contributed by atoms with van der Waals surface area (Å²) in [6, 6.07) is 5.37. The van der Waals surface area contributed by atoms with Crippen LogP contribution in [-0.4, -0.2) is 23.1 Å². The minimum atomic E-state index is -0.425. The molecule has 0 saturated carbocycles. The maximum atomic E-state index is 12.0. The molecule has 0 aliphatic carbocycles. The number of urea groups is 1. The molecule has 2 rings (SSSR count).